The summed E-state index contributed by atoms with van der Waals surface area (Å²) in [4.78, 5) is 0. The number of para-hydroxylation sites is 1. The molecule has 1 aromatic carbocycles. The van der Waals surface area contributed by atoms with Crippen LogP contribution in [0.2, 0.25) is 0 Å². The number of aliphatic hydroxyl groups excluding tert-OH is 1. The average molecular weight is 174 g/mol. The zero-order chi connectivity index (χ0) is 9.26. The SMILES string of the molecule is C/C=C(\O)c1n[nH]c2ccccc12. The molecule has 2 rings (SSSR count). The Bertz CT molecular complexity index is 457. The molecule has 0 radical (unpaired) electrons. The van der Waals surface area contributed by atoms with E-state index >= 15 is 0 Å². The van der Waals surface area contributed by atoms with Crippen LogP contribution < -0.4 is 0 Å². The van der Waals surface area contributed by atoms with E-state index in [1.54, 1.807) is 13.0 Å². The summed E-state index contributed by atoms with van der Waals surface area (Å²) >= 11 is 0. The second kappa shape index (κ2) is 2.94. The van der Waals surface area contributed by atoms with Crippen molar-refractivity contribution in [2.24, 2.45) is 0 Å². The number of benzene rings is 1. The fourth-order valence-electron chi connectivity index (χ4n) is 1.30. The van der Waals surface area contributed by atoms with Crippen LogP contribution in [-0.4, -0.2) is 15.3 Å². The number of fused-ring (bicyclic) bond motifs is 1. The zero-order valence-electron chi connectivity index (χ0n) is 7.28. The van der Waals surface area contributed by atoms with Gasteiger partial charge in [-0.05, 0) is 19.1 Å². The Morgan fingerprint density at radius 1 is 1.46 bits per heavy atom. The fourth-order valence-corrected chi connectivity index (χ4v) is 1.30. The van der Waals surface area contributed by atoms with Gasteiger partial charge < -0.3 is 5.11 Å². The van der Waals surface area contributed by atoms with E-state index < -0.39 is 0 Å². The van der Waals surface area contributed by atoms with Gasteiger partial charge in [0.25, 0.3) is 0 Å². The molecule has 0 aliphatic carbocycles. The number of nitrogens with one attached hydrogen (secondary N) is 1. The van der Waals surface area contributed by atoms with Crippen molar-refractivity contribution in [3.8, 4) is 0 Å². The molecule has 1 aromatic heterocycles. The lowest BCUT2D eigenvalue weighted by molar-refractivity contribution is 0.508. The highest BCUT2D eigenvalue weighted by molar-refractivity contribution is 5.88. The molecule has 0 fully saturated rings. The molecule has 3 nitrogen and oxygen atoms in total. The molecule has 0 aliphatic heterocycles. The molecule has 0 unspecified atom stereocenters. The smallest absolute Gasteiger partial charge is 0.139 e. The second-order valence-electron chi connectivity index (χ2n) is 2.79. The van der Waals surface area contributed by atoms with E-state index in [9.17, 15) is 5.11 Å². The van der Waals surface area contributed by atoms with E-state index in [2.05, 4.69) is 10.2 Å². The topological polar surface area (TPSA) is 48.9 Å². The van der Waals surface area contributed by atoms with Gasteiger partial charge in [-0.15, -0.1) is 0 Å². The van der Waals surface area contributed by atoms with Crippen LogP contribution in [0.1, 0.15) is 12.6 Å². The number of H-pyrrole nitrogens is 1. The first-order valence-electron chi connectivity index (χ1n) is 4.11. The Labute approximate surface area is 75.7 Å². The highest BCUT2D eigenvalue weighted by Gasteiger charge is 2.06. The van der Waals surface area contributed by atoms with Gasteiger partial charge in [0.05, 0.1) is 5.52 Å². The average Bonchev–Trinajstić information content (AvgIpc) is 2.60. The third-order valence-electron chi connectivity index (χ3n) is 1.99. The van der Waals surface area contributed by atoms with Gasteiger partial charge in [0.2, 0.25) is 0 Å². The standard InChI is InChI=1S/C10H10N2O/c1-2-9(13)10-7-5-3-4-6-8(7)11-12-10/h2-6,13H,1H3,(H,11,12)/b9-2-. The van der Waals surface area contributed by atoms with Gasteiger partial charge in [0.15, 0.2) is 0 Å². The van der Waals surface area contributed by atoms with Crippen LogP contribution in [0.3, 0.4) is 0 Å². The maximum atomic E-state index is 9.49. The molecule has 2 aromatic rings. The minimum atomic E-state index is 0.206. The third kappa shape index (κ3) is 1.18. The Morgan fingerprint density at radius 3 is 3.00 bits per heavy atom. The van der Waals surface area contributed by atoms with Crippen molar-refractivity contribution in [1.82, 2.24) is 10.2 Å². The van der Waals surface area contributed by atoms with Crippen molar-refractivity contribution < 1.29 is 5.11 Å². The lowest BCUT2D eigenvalue weighted by Gasteiger charge is -1.93. The maximum Gasteiger partial charge on any atom is 0.139 e. The first kappa shape index (κ1) is 7.86. The normalized spacial score (nSPS) is 12.2. The van der Waals surface area contributed by atoms with E-state index in [1.807, 2.05) is 24.3 Å². The molecule has 0 saturated carbocycles. The van der Waals surface area contributed by atoms with Crippen LogP contribution in [0.4, 0.5) is 0 Å². The van der Waals surface area contributed by atoms with Crippen molar-refractivity contribution in [2.45, 2.75) is 6.92 Å². The summed E-state index contributed by atoms with van der Waals surface area (Å²) in [6.45, 7) is 1.78. The first-order valence-corrected chi connectivity index (χ1v) is 4.11. The summed E-state index contributed by atoms with van der Waals surface area (Å²) in [7, 11) is 0. The van der Waals surface area contributed by atoms with Crippen LogP contribution in [0.15, 0.2) is 30.3 Å². The number of hydrogen-bond donors (Lipinski definition) is 2. The molecule has 0 saturated heterocycles. The van der Waals surface area contributed by atoms with Crippen LogP contribution in [-0.2, 0) is 0 Å². The summed E-state index contributed by atoms with van der Waals surface area (Å²) in [6, 6.07) is 7.70. The van der Waals surface area contributed by atoms with Gasteiger partial charge in [-0.2, -0.15) is 5.10 Å². The second-order valence-corrected chi connectivity index (χ2v) is 2.79. The number of aromatic amines is 1. The van der Waals surface area contributed by atoms with E-state index in [0.717, 1.165) is 10.9 Å². The van der Waals surface area contributed by atoms with E-state index in [0.29, 0.717) is 5.69 Å². The number of hydrogen-bond acceptors (Lipinski definition) is 2. The molecule has 0 aliphatic rings. The molecule has 0 spiro atoms. The number of allylic oxidation sites excluding steroid dienone is 1. The van der Waals surface area contributed by atoms with Crippen LogP contribution in [0, 0.1) is 0 Å². The lowest BCUT2D eigenvalue weighted by Crippen LogP contribution is -1.82. The molecule has 3 heteroatoms. The lowest BCUT2D eigenvalue weighted by atomic mass is 10.2. The fraction of sp³-hybridized carbons (Fsp3) is 0.100. The van der Waals surface area contributed by atoms with Crippen molar-refractivity contribution in [3.05, 3.63) is 36.0 Å². The molecule has 0 atom stereocenters. The predicted molar refractivity (Wildman–Crippen MR) is 52.4 cm³/mol. The number of aliphatic hydroxyl groups is 1. The van der Waals surface area contributed by atoms with Crippen molar-refractivity contribution >= 4 is 16.7 Å². The summed E-state index contributed by atoms with van der Waals surface area (Å²) in [5.74, 6) is 0.206. The highest BCUT2D eigenvalue weighted by atomic mass is 16.3. The van der Waals surface area contributed by atoms with Crippen LogP contribution >= 0.6 is 0 Å². The highest BCUT2D eigenvalue weighted by Crippen LogP contribution is 2.19. The molecule has 1 heterocycles. The summed E-state index contributed by atoms with van der Waals surface area (Å²) in [5.41, 5.74) is 1.55. The quantitative estimate of drug-likeness (QED) is 0.652. The summed E-state index contributed by atoms with van der Waals surface area (Å²) in [6.07, 6.45) is 1.63. The minimum Gasteiger partial charge on any atom is -0.506 e. The van der Waals surface area contributed by atoms with Crippen molar-refractivity contribution in [3.63, 3.8) is 0 Å². The van der Waals surface area contributed by atoms with Crippen LogP contribution in [0.25, 0.3) is 16.7 Å². The third-order valence-corrected chi connectivity index (χ3v) is 1.99. The molecule has 66 valence electrons. The number of rotatable bonds is 1. The zero-order valence-corrected chi connectivity index (χ0v) is 7.28. The van der Waals surface area contributed by atoms with E-state index in [4.69, 9.17) is 0 Å². The molecule has 0 amide bonds. The van der Waals surface area contributed by atoms with Crippen LogP contribution in [0.5, 0.6) is 0 Å². The van der Waals surface area contributed by atoms with Gasteiger partial charge in [-0.25, -0.2) is 0 Å². The molecule has 13 heavy (non-hydrogen) atoms. The molecule has 0 bridgehead atoms. The van der Waals surface area contributed by atoms with E-state index in [-0.39, 0.29) is 5.76 Å². The Hall–Kier alpha value is -1.77. The van der Waals surface area contributed by atoms with Gasteiger partial charge in [0.1, 0.15) is 11.5 Å². The molecule has 2 N–H and O–H groups in total. The molecular formula is C10H10N2O. The Balaban J connectivity index is 2.71. The van der Waals surface area contributed by atoms with Gasteiger partial charge in [-0.3, -0.25) is 5.10 Å². The Morgan fingerprint density at radius 2 is 2.23 bits per heavy atom. The van der Waals surface area contributed by atoms with E-state index in [1.165, 1.54) is 0 Å². The van der Waals surface area contributed by atoms with Gasteiger partial charge >= 0.3 is 0 Å². The minimum absolute atomic E-state index is 0.206. The molecular weight excluding hydrogens is 164 g/mol. The summed E-state index contributed by atoms with van der Waals surface area (Å²) < 4.78 is 0. The van der Waals surface area contributed by atoms with Crippen molar-refractivity contribution in [2.75, 3.05) is 0 Å². The predicted octanol–water partition coefficient (Wildman–Crippen LogP) is 2.48. The number of aromatic nitrogens is 2. The van der Waals surface area contributed by atoms with Crippen molar-refractivity contribution in [1.29, 1.82) is 0 Å². The maximum absolute atomic E-state index is 9.49. The summed E-state index contributed by atoms with van der Waals surface area (Å²) in [5, 5.41) is 17.3. The first-order chi connectivity index (χ1) is 6.33. The Kier molecular flexibility index (Phi) is 1.77. The monoisotopic (exact) mass is 174 g/mol. The number of nitrogens with zero attached hydrogens (tertiary/aromatic N) is 1. The van der Waals surface area contributed by atoms with Gasteiger partial charge in [0, 0.05) is 5.39 Å². The largest absolute Gasteiger partial charge is 0.506 e. The van der Waals surface area contributed by atoms with Gasteiger partial charge in [-0.1, -0.05) is 18.2 Å².